The minimum absolute atomic E-state index is 0.198. The lowest BCUT2D eigenvalue weighted by Crippen LogP contribution is -2.06. The van der Waals surface area contributed by atoms with Gasteiger partial charge in [-0.3, -0.25) is 0 Å². The van der Waals surface area contributed by atoms with Gasteiger partial charge in [-0.05, 0) is 28.1 Å². The van der Waals surface area contributed by atoms with E-state index in [1.165, 1.54) is 13.2 Å². The molecule has 0 saturated carbocycles. The fourth-order valence-corrected chi connectivity index (χ4v) is 1.67. The normalized spacial score (nSPS) is 9.21. The molecule has 5 heteroatoms. The maximum Gasteiger partial charge on any atom is 0.340 e. The molecule has 0 bridgehead atoms. The average Bonchev–Trinajstić information content (AvgIpc) is 2.15. The Morgan fingerprint density at radius 2 is 2.29 bits per heavy atom. The molecule has 0 aliphatic heterocycles. The topological polar surface area (TPSA) is 76.1 Å². The predicted octanol–water partition coefficient (Wildman–Crippen LogP) is 1.69. The van der Waals surface area contributed by atoms with Gasteiger partial charge in [0.15, 0.2) is 0 Å². The Hall–Kier alpha value is -1.54. The quantitative estimate of drug-likeness (QED) is 0.611. The molecule has 1 aromatic carbocycles. The van der Waals surface area contributed by atoms with Crippen LogP contribution in [0.2, 0.25) is 0 Å². The highest BCUT2D eigenvalue weighted by atomic mass is 79.9. The molecular weight excluding hydrogens is 248 g/mol. The summed E-state index contributed by atoms with van der Waals surface area (Å²) in [4.78, 5) is 11.3. The molecule has 0 unspecified atom stereocenters. The SMILES string of the molecule is COC(=O)c1c(Br)cc(N)cc1C#N. The summed E-state index contributed by atoms with van der Waals surface area (Å²) in [5.74, 6) is -0.562. The van der Waals surface area contributed by atoms with Crippen LogP contribution in [-0.2, 0) is 4.74 Å². The van der Waals surface area contributed by atoms with Crippen molar-refractivity contribution in [3.8, 4) is 6.07 Å². The minimum atomic E-state index is -0.562. The molecule has 72 valence electrons. The van der Waals surface area contributed by atoms with Gasteiger partial charge in [0.05, 0.1) is 18.2 Å². The van der Waals surface area contributed by atoms with Crippen molar-refractivity contribution in [3.63, 3.8) is 0 Å². The van der Waals surface area contributed by atoms with E-state index in [0.717, 1.165) is 0 Å². The number of anilines is 1. The first-order chi connectivity index (χ1) is 6.60. The highest BCUT2D eigenvalue weighted by Crippen LogP contribution is 2.24. The Morgan fingerprint density at radius 3 is 2.79 bits per heavy atom. The molecule has 0 heterocycles. The van der Waals surface area contributed by atoms with Crippen LogP contribution in [0.3, 0.4) is 0 Å². The fraction of sp³-hybridized carbons (Fsp3) is 0.111. The smallest absolute Gasteiger partial charge is 0.340 e. The second-order valence-corrected chi connectivity index (χ2v) is 3.38. The number of methoxy groups -OCH3 is 1. The second-order valence-electron chi connectivity index (χ2n) is 2.53. The molecule has 0 aliphatic rings. The molecular formula is C9H7BrN2O2. The van der Waals surface area contributed by atoms with Crippen LogP contribution in [-0.4, -0.2) is 13.1 Å². The molecule has 0 spiro atoms. The summed E-state index contributed by atoms with van der Waals surface area (Å²) >= 11 is 3.15. The molecule has 0 saturated heterocycles. The van der Waals surface area contributed by atoms with Crippen LogP contribution >= 0.6 is 15.9 Å². The molecule has 2 N–H and O–H groups in total. The van der Waals surface area contributed by atoms with Crippen LogP contribution < -0.4 is 5.73 Å². The summed E-state index contributed by atoms with van der Waals surface area (Å²) in [6.45, 7) is 0. The second kappa shape index (κ2) is 4.11. The molecule has 14 heavy (non-hydrogen) atoms. The average molecular weight is 255 g/mol. The Kier molecular flexibility index (Phi) is 3.10. The molecule has 0 fully saturated rings. The van der Waals surface area contributed by atoms with E-state index in [0.29, 0.717) is 10.2 Å². The number of nitrogens with two attached hydrogens (primary N) is 1. The lowest BCUT2D eigenvalue weighted by Gasteiger charge is -2.05. The van der Waals surface area contributed by atoms with Crippen molar-refractivity contribution in [2.45, 2.75) is 0 Å². The summed E-state index contributed by atoms with van der Waals surface area (Å²) in [5, 5.41) is 8.78. The van der Waals surface area contributed by atoms with Crippen molar-refractivity contribution in [1.29, 1.82) is 5.26 Å². The number of carbonyl (C=O) groups is 1. The minimum Gasteiger partial charge on any atom is -0.465 e. The number of hydrogen-bond acceptors (Lipinski definition) is 4. The Morgan fingerprint density at radius 1 is 1.64 bits per heavy atom. The zero-order chi connectivity index (χ0) is 10.7. The molecule has 0 atom stereocenters. The lowest BCUT2D eigenvalue weighted by molar-refractivity contribution is 0.0599. The Balaban J connectivity index is 3.42. The van der Waals surface area contributed by atoms with E-state index in [9.17, 15) is 4.79 Å². The molecule has 1 aromatic rings. The van der Waals surface area contributed by atoms with Gasteiger partial charge < -0.3 is 10.5 Å². The van der Waals surface area contributed by atoms with Crippen LogP contribution in [0.15, 0.2) is 16.6 Å². The Labute approximate surface area is 89.4 Å². The van der Waals surface area contributed by atoms with Gasteiger partial charge in [0.25, 0.3) is 0 Å². The van der Waals surface area contributed by atoms with Gasteiger partial charge in [0, 0.05) is 10.2 Å². The number of halogens is 1. The van der Waals surface area contributed by atoms with E-state index in [-0.39, 0.29) is 11.1 Å². The van der Waals surface area contributed by atoms with Crippen LogP contribution in [0.4, 0.5) is 5.69 Å². The van der Waals surface area contributed by atoms with Crippen molar-refractivity contribution in [2.24, 2.45) is 0 Å². The molecule has 0 aliphatic carbocycles. The van der Waals surface area contributed by atoms with Crippen LogP contribution in [0.5, 0.6) is 0 Å². The molecule has 0 radical (unpaired) electrons. The maximum atomic E-state index is 11.3. The van der Waals surface area contributed by atoms with Crippen molar-refractivity contribution < 1.29 is 9.53 Å². The van der Waals surface area contributed by atoms with Crippen molar-refractivity contribution in [1.82, 2.24) is 0 Å². The largest absolute Gasteiger partial charge is 0.465 e. The number of nitriles is 1. The van der Waals surface area contributed by atoms with E-state index in [1.807, 2.05) is 6.07 Å². The van der Waals surface area contributed by atoms with E-state index >= 15 is 0 Å². The van der Waals surface area contributed by atoms with E-state index in [1.54, 1.807) is 6.07 Å². The highest BCUT2D eigenvalue weighted by molar-refractivity contribution is 9.10. The fourth-order valence-electron chi connectivity index (χ4n) is 1.03. The van der Waals surface area contributed by atoms with Gasteiger partial charge in [0.2, 0.25) is 0 Å². The number of benzene rings is 1. The number of esters is 1. The summed E-state index contributed by atoms with van der Waals surface area (Å²) in [6, 6.07) is 4.86. The first kappa shape index (κ1) is 10.5. The highest BCUT2D eigenvalue weighted by Gasteiger charge is 2.16. The number of nitrogens with zero attached hydrogens (tertiary/aromatic N) is 1. The van der Waals surface area contributed by atoms with Crippen LogP contribution in [0, 0.1) is 11.3 Å². The van der Waals surface area contributed by atoms with E-state index in [2.05, 4.69) is 20.7 Å². The number of hydrogen-bond donors (Lipinski definition) is 1. The summed E-state index contributed by atoms with van der Waals surface area (Å²) in [7, 11) is 1.26. The number of ether oxygens (including phenoxy) is 1. The summed E-state index contributed by atoms with van der Waals surface area (Å²) in [5.41, 5.74) is 6.33. The van der Waals surface area contributed by atoms with Crippen LogP contribution in [0.1, 0.15) is 15.9 Å². The number of carbonyl (C=O) groups excluding carboxylic acids is 1. The molecule has 0 aromatic heterocycles. The summed E-state index contributed by atoms with van der Waals surface area (Å²) < 4.78 is 5.00. The summed E-state index contributed by atoms with van der Waals surface area (Å²) in [6.07, 6.45) is 0. The Bertz CT molecular complexity index is 424. The number of nitrogen functional groups attached to an aromatic ring is 1. The van der Waals surface area contributed by atoms with Gasteiger partial charge in [-0.15, -0.1) is 0 Å². The molecule has 1 rings (SSSR count). The van der Waals surface area contributed by atoms with Gasteiger partial charge in [0.1, 0.15) is 6.07 Å². The first-order valence-electron chi connectivity index (χ1n) is 3.67. The van der Waals surface area contributed by atoms with Gasteiger partial charge in [-0.25, -0.2) is 4.79 Å². The zero-order valence-corrected chi connectivity index (χ0v) is 8.96. The lowest BCUT2D eigenvalue weighted by atomic mass is 10.1. The first-order valence-corrected chi connectivity index (χ1v) is 4.47. The predicted molar refractivity (Wildman–Crippen MR) is 54.6 cm³/mol. The van der Waals surface area contributed by atoms with Gasteiger partial charge in [-0.1, -0.05) is 0 Å². The van der Waals surface area contributed by atoms with Gasteiger partial charge in [-0.2, -0.15) is 5.26 Å². The third-order valence-corrected chi connectivity index (χ3v) is 2.25. The zero-order valence-electron chi connectivity index (χ0n) is 7.37. The maximum absolute atomic E-state index is 11.3. The third-order valence-electron chi connectivity index (χ3n) is 1.62. The standard InChI is InChI=1S/C9H7BrN2O2/c1-14-9(13)8-5(4-11)2-6(12)3-7(8)10/h2-3H,12H2,1H3. The van der Waals surface area contributed by atoms with Crippen molar-refractivity contribution in [2.75, 3.05) is 12.8 Å². The van der Waals surface area contributed by atoms with Gasteiger partial charge >= 0.3 is 5.97 Å². The van der Waals surface area contributed by atoms with Crippen molar-refractivity contribution in [3.05, 3.63) is 27.7 Å². The third kappa shape index (κ3) is 1.86. The molecule has 0 amide bonds. The van der Waals surface area contributed by atoms with Crippen LogP contribution in [0.25, 0.3) is 0 Å². The molecule has 4 nitrogen and oxygen atoms in total. The van der Waals surface area contributed by atoms with E-state index in [4.69, 9.17) is 11.0 Å². The van der Waals surface area contributed by atoms with Crippen molar-refractivity contribution >= 4 is 27.6 Å². The number of rotatable bonds is 1. The van der Waals surface area contributed by atoms with E-state index < -0.39 is 5.97 Å². The monoisotopic (exact) mass is 254 g/mol.